The van der Waals surface area contributed by atoms with Gasteiger partial charge in [-0.05, 0) is 39.4 Å². The Balaban J connectivity index is 2.04. The standard InChI is InChI=1S/C18H28N2O2/c1-5-19-8-10-20(11-9-19)13-17(21)16-12-15(4)6-7-18(16)22-14(2)3/h6-7,12,14H,5,8-11,13H2,1-4H3. The van der Waals surface area contributed by atoms with Crippen LogP contribution in [-0.2, 0) is 0 Å². The van der Waals surface area contributed by atoms with Crippen LogP contribution in [0.3, 0.4) is 0 Å². The van der Waals surface area contributed by atoms with Crippen molar-refractivity contribution in [2.24, 2.45) is 0 Å². The minimum atomic E-state index is 0.0716. The Morgan fingerprint density at radius 1 is 1.18 bits per heavy atom. The van der Waals surface area contributed by atoms with Gasteiger partial charge in [-0.2, -0.15) is 0 Å². The number of ketones is 1. The first-order valence-corrected chi connectivity index (χ1v) is 8.24. The summed E-state index contributed by atoms with van der Waals surface area (Å²) in [7, 11) is 0. The van der Waals surface area contributed by atoms with Crippen molar-refractivity contribution in [3.63, 3.8) is 0 Å². The average molecular weight is 304 g/mol. The van der Waals surface area contributed by atoms with E-state index in [0.717, 1.165) is 38.3 Å². The Labute approximate surface area is 134 Å². The van der Waals surface area contributed by atoms with Crippen molar-refractivity contribution in [1.29, 1.82) is 0 Å². The molecule has 1 aromatic carbocycles. The van der Waals surface area contributed by atoms with Crippen LogP contribution in [-0.4, -0.2) is 61.0 Å². The van der Waals surface area contributed by atoms with Crippen LogP contribution >= 0.6 is 0 Å². The number of aryl methyl sites for hydroxylation is 1. The number of rotatable bonds is 6. The maximum Gasteiger partial charge on any atom is 0.180 e. The molecule has 0 aromatic heterocycles. The van der Waals surface area contributed by atoms with Crippen LogP contribution in [0, 0.1) is 6.92 Å². The summed E-state index contributed by atoms with van der Waals surface area (Å²) in [5.41, 5.74) is 1.81. The van der Waals surface area contributed by atoms with Crippen LogP contribution < -0.4 is 4.74 Å². The first kappa shape index (κ1) is 17.0. The lowest BCUT2D eigenvalue weighted by Crippen LogP contribution is -2.47. The minimum Gasteiger partial charge on any atom is -0.490 e. The van der Waals surface area contributed by atoms with Crippen molar-refractivity contribution in [3.8, 4) is 5.75 Å². The van der Waals surface area contributed by atoms with Gasteiger partial charge in [0.05, 0.1) is 18.2 Å². The zero-order chi connectivity index (χ0) is 16.1. The smallest absolute Gasteiger partial charge is 0.180 e. The number of benzene rings is 1. The number of piperazine rings is 1. The second-order valence-corrected chi connectivity index (χ2v) is 6.30. The highest BCUT2D eigenvalue weighted by molar-refractivity contribution is 6.00. The van der Waals surface area contributed by atoms with Crippen LogP contribution in [0.15, 0.2) is 18.2 Å². The van der Waals surface area contributed by atoms with Gasteiger partial charge in [0.2, 0.25) is 0 Å². The van der Waals surface area contributed by atoms with E-state index in [-0.39, 0.29) is 11.9 Å². The summed E-state index contributed by atoms with van der Waals surface area (Å²) in [5.74, 6) is 0.863. The minimum absolute atomic E-state index is 0.0716. The van der Waals surface area contributed by atoms with Gasteiger partial charge in [-0.25, -0.2) is 0 Å². The third kappa shape index (κ3) is 4.55. The largest absolute Gasteiger partial charge is 0.490 e. The second-order valence-electron chi connectivity index (χ2n) is 6.30. The third-order valence-electron chi connectivity index (χ3n) is 4.08. The molecule has 1 aliphatic rings. The first-order valence-electron chi connectivity index (χ1n) is 8.24. The van der Waals surface area contributed by atoms with Crippen LogP contribution in [0.25, 0.3) is 0 Å². The fraction of sp³-hybridized carbons (Fsp3) is 0.611. The molecular formula is C18H28N2O2. The van der Waals surface area contributed by atoms with Crippen molar-refractivity contribution in [2.75, 3.05) is 39.3 Å². The fourth-order valence-corrected chi connectivity index (χ4v) is 2.77. The van der Waals surface area contributed by atoms with Crippen molar-refractivity contribution >= 4 is 5.78 Å². The van der Waals surface area contributed by atoms with E-state index >= 15 is 0 Å². The van der Waals surface area contributed by atoms with Crippen LogP contribution in [0.1, 0.15) is 36.7 Å². The first-order chi connectivity index (χ1) is 10.5. The number of hydrogen-bond donors (Lipinski definition) is 0. The molecule has 0 saturated carbocycles. The summed E-state index contributed by atoms with van der Waals surface area (Å²) in [4.78, 5) is 17.3. The van der Waals surface area contributed by atoms with E-state index in [1.165, 1.54) is 0 Å². The number of nitrogens with zero attached hydrogens (tertiary/aromatic N) is 2. The molecule has 2 rings (SSSR count). The van der Waals surface area contributed by atoms with Gasteiger partial charge < -0.3 is 9.64 Å². The molecule has 0 amide bonds. The van der Waals surface area contributed by atoms with Crippen molar-refractivity contribution < 1.29 is 9.53 Å². The van der Waals surface area contributed by atoms with Gasteiger partial charge in [0.25, 0.3) is 0 Å². The van der Waals surface area contributed by atoms with E-state index in [4.69, 9.17) is 4.74 Å². The molecule has 1 fully saturated rings. The van der Waals surface area contributed by atoms with Crippen LogP contribution in [0.2, 0.25) is 0 Å². The lowest BCUT2D eigenvalue weighted by atomic mass is 10.1. The molecule has 0 N–H and O–H groups in total. The highest BCUT2D eigenvalue weighted by Crippen LogP contribution is 2.22. The summed E-state index contributed by atoms with van der Waals surface area (Å²) >= 11 is 0. The highest BCUT2D eigenvalue weighted by Gasteiger charge is 2.21. The maximum atomic E-state index is 12.7. The summed E-state index contributed by atoms with van der Waals surface area (Å²) < 4.78 is 5.80. The number of likely N-dealkylation sites (N-methyl/N-ethyl adjacent to an activating group) is 1. The lowest BCUT2D eigenvalue weighted by molar-refractivity contribution is 0.0854. The van der Waals surface area contributed by atoms with Crippen molar-refractivity contribution in [2.45, 2.75) is 33.8 Å². The Morgan fingerprint density at radius 2 is 1.82 bits per heavy atom. The van der Waals surface area contributed by atoms with Crippen LogP contribution in [0.4, 0.5) is 0 Å². The SMILES string of the molecule is CCN1CCN(CC(=O)c2cc(C)ccc2OC(C)C)CC1. The number of carbonyl (C=O) groups is 1. The normalized spacial score (nSPS) is 17.0. The van der Waals surface area contributed by atoms with E-state index in [2.05, 4.69) is 16.7 Å². The number of Topliss-reactive ketones (excluding diaryl/α,β-unsaturated/α-hetero) is 1. The summed E-state index contributed by atoms with van der Waals surface area (Å²) in [5, 5.41) is 0. The predicted octanol–water partition coefficient (Wildman–Crippen LogP) is 2.60. The molecule has 1 aliphatic heterocycles. The Morgan fingerprint density at radius 3 is 2.41 bits per heavy atom. The van der Waals surface area contributed by atoms with Gasteiger partial charge in [0, 0.05) is 26.2 Å². The average Bonchev–Trinajstić information content (AvgIpc) is 2.49. The molecule has 22 heavy (non-hydrogen) atoms. The maximum absolute atomic E-state index is 12.7. The van der Waals surface area contributed by atoms with E-state index in [1.807, 2.05) is 39.0 Å². The molecular weight excluding hydrogens is 276 g/mol. The topological polar surface area (TPSA) is 32.8 Å². The molecule has 4 nitrogen and oxygen atoms in total. The Kier molecular flexibility index (Phi) is 5.98. The molecule has 0 bridgehead atoms. The molecule has 0 atom stereocenters. The molecule has 0 spiro atoms. The molecule has 4 heteroatoms. The van der Waals surface area contributed by atoms with E-state index in [0.29, 0.717) is 17.9 Å². The van der Waals surface area contributed by atoms with Gasteiger partial charge in [-0.15, -0.1) is 0 Å². The van der Waals surface area contributed by atoms with E-state index < -0.39 is 0 Å². The predicted molar refractivity (Wildman–Crippen MR) is 89.8 cm³/mol. The van der Waals surface area contributed by atoms with Crippen molar-refractivity contribution in [3.05, 3.63) is 29.3 Å². The molecule has 122 valence electrons. The molecule has 1 aromatic rings. The van der Waals surface area contributed by atoms with Gasteiger partial charge >= 0.3 is 0 Å². The van der Waals surface area contributed by atoms with Gasteiger partial charge in [-0.3, -0.25) is 9.69 Å². The molecule has 1 saturated heterocycles. The Bertz CT molecular complexity index is 506. The van der Waals surface area contributed by atoms with Gasteiger partial charge in [0.15, 0.2) is 5.78 Å². The number of hydrogen-bond acceptors (Lipinski definition) is 4. The second kappa shape index (κ2) is 7.75. The Hall–Kier alpha value is -1.39. The highest BCUT2D eigenvalue weighted by atomic mass is 16.5. The molecule has 0 unspecified atom stereocenters. The zero-order valence-electron chi connectivity index (χ0n) is 14.3. The van der Waals surface area contributed by atoms with Crippen LogP contribution in [0.5, 0.6) is 5.75 Å². The fourth-order valence-electron chi connectivity index (χ4n) is 2.77. The third-order valence-corrected chi connectivity index (χ3v) is 4.08. The van der Waals surface area contributed by atoms with Gasteiger partial charge in [0.1, 0.15) is 5.75 Å². The summed E-state index contributed by atoms with van der Waals surface area (Å²) in [6.07, 6.45) is 0.0716. The molecule has 1 heterocycles. The number of carbonyl (C=O) groups excluding carboxylic acids is 1. The number of ether oxygens (including phenoxy) is 1. The monoisotopic (exact) mass is 304 g/mol. The summed E-state index contributed by atoms with van der Waals surface area (Å²) in [6.45, 7) is 13.8. The van der Waals surface area contributed by atoms with Gasteiger partial charge in [-0.1, -0.05) is 18.6 Å². The molecule has 0 radical (unpaired) electrons. The summed E-state index contributed by atoms with van der Waals surface area (Å²) in [6, 6.07) is 5.86. The van der Waals surface area contributed by atoms with E-state index in [1.54, 1.807) is 0 Å². The van der Waals surface area contributed by atoms with Crippen molar-refractivity contribution in [1.82, 2.24) is 9.80 Å². The zero-order valence-corrected chi connectivity index (χ0v) is 14.3. The lowest BCUT2D eigenvalue weighted by Gasteiger charge is -2.33. The van der Waals surface area contributed by atoms with E-state index in [9.17, 15) is 4.79 Å². The molecule has 0 aliphatic carbocycles. The quantitative estimate of drug-likeness (QED) is 0.756.